The smallest absolute Gasteiger partial charge is 0.257 e. The molecular formula is C23H22N6O2. The molecule has 0 aliphatic carbocycles. The summed E-state index contributed by atoms with van der Waals surface area (Å²) in [5, 5.41) is 13.6. The fraction of sp³-hybridized carbons (Fsp3) is 0.391. The Morgan fingerprint density at radius 3 is 2.68 bits per heavy atom. The number of hydrogen-bond donors (Lipinski definition) is 0. The number of ether oxygens (including phenoxy) is 1. The second-order valence-electron chi connectivity index (χ2n) is 8.48. The molecule has 2 atom stereocenters. The monoisotopic (exact) mass is 414 g/mol. The first-order valence-corrected chi connectivity index (χ1v) is 10.7. The van der Waals surface area contributed by atoms with E-state index in [-0.39, 0.29) is 18.2 Å². The molecule has 8 heteroatoms. The van der Waals surface area contributed by atoms with Crippen LogP contribution in [0.2, 0.25) is 0 Å². The van der Waals surface area contributed by atoms with Crippen molar-refractivity contribution in [2.24, 2.45) is 0 Å². The van der Waals surface area contributed by atoms with E-state index >= 15 is 0 Å². The van der Waals surface area contributed by atoms with Crippen LogP contribution in [0.4, 0.5) is 5.82 Å². The number of carbonyl (C=O) groups is 1. The largest absolute Gasteiger partial charge is 0.356 e. The van der Waals surface area contributed by atoms with Gasteiger partial charge in [0, 0.05) is 25.9 Å². The molecule has 0 saturated carbocycles. The highest BCUT2D eigenvalue weighted by molar-refractivity contribution is 5.88. The van der Waals surface area contributed by atoms with Gasteiger partial charge in [0.2, 0.25) is 0 Å². The molecule has 1 aromatic carbocycles. The zero-order valence-electron chi connectivity index (χ0n) is 17.0. The third-order valence-corrected chi connectivity index (χ3v) is 6.92. The second-order valence-corrected chi connectivity index (χ2v) is 8.48. The molecule has 2 aromatic heterocycles. The first kappa shape index (κ1) is 18.3. The van der Waals surface area contributed by atoms with Crippen LogP contribution in [0.25, 0.3) is 5.65 Å². The molecule has 0 bridgehead atoms. The third kappa shape index (κ3) is 2.66. The van der Waals surface area contributed by atoms with Gasteiger partial charge in [-0.05, 0) is 30.5 Å². The maximum absolute atomic E-state index is 13.6. The minimum absolute atomic E-state index is 0.101. The molecule has 3 aromatic rings. The Morgan fingerprint density at radius 2 is 1.90 bits per heavy atom. The minimum Gasteiger partial charge on any atom is -0.356 e. The van der Waals surface area contributed by atoms with Crippen LogP contribution in [0.3, 0.4) is 0 Å². The Hall–Kier alpha value is -3.44. The van der Waals surface area contributed by atoms with E-state index in [4.69, 9.17) is 4.74 Å². The predicted octanol–water partition coefficient (Wildman–Crippen LogP) is 2.66. The minimum atomic E-state index is -0.733. The van der Waals surface area contributed by atoms with Crippen LogP contribution >= 0.6 is 0 Å². The quantitative estimate of drug-likeness (QED) is 0.641. The van der Waals surface area contributed by atoms with Gasteiger partial charge in [-0.3, -0.25) is 4.79 Å². The molecule has 2 unspecified atom stereocenters. The third-order valence-electron chi connectivity index (χ3n) is 6.92. The average molecular weight is 414 g/mol. The zero-order chi connectivity index (χ0) is 21.0. The van der Waals surface area contributed by atoms with Gasteiger partial charge in [0.15, 0.2) is 11.2 Å². The van der Waals surface area contributed by atoms with Gasteiger partial charge in [-0.25, -0.2) is 4.98 Å². The van der Waals surface area contributed by atoms with Crippen molar-refractivity contribution in [3.8, 4) is 6.07 Å². The van der Waals surface area contributed by atoms with Crippen LogP contribution in [0, 0.1) is 11.3 Å². The van der Waals surface area contributed by atoms with Gasteiger partial charge in [0.05, 0.1) is 11.6 Å². The summed E-state index contributed by atoms with van der Waals surface area (Å²) in [6.07, 6.45) is 4.44. The lowest BCUT2D eigenvalue weighted by Crippen LogP contribution is -2.50. The number of anilines is 1. The van der Waals surface area contributed by atoms with Crippen molar-refractivity contribution < 1.29 is 9.53 Å². The number of amides is 1. The van der Waals surface area contributed by atoms with Crippen LogP contribution in [-0.4, -0.2) is 50.3 Å². The molecule has 1 amide bonds. The van der Waals surface area contributed by atoms with Gasteiger partial charge in [-0.15, -0.1) is 0 Å². The molecule has 3 aliphatic rings. The van der Waals surface area contributed by atoms with E-state index in [0.717, 1.165) is 18.7 Å². The number of pyridine rings is 1. The number of piperidine rings is 1. The van der Waals surface area contributed by atoms with E-state index in [1.807, 2.05) is 29.2 Å². The van der Waals surface area contributed by atoms with E-state index in [1.54, 1.807) is 10.6 Å². The summed E-state index contributed by atoms with van der Waals surface area (Å²) in [4.78, 5) is 22.0. The number of rotatable bonds is 2. The standard InChI is InChI=1S/C23H22N6O2/c24-14-17-6-8-19(29-21(17)25-15-26-29)27-12-10-23(11-13-27)22(30)28-18(7-9-20(28)31-23)16-4-2-1-3-5-16/h1-6,8,15,18,20H,7,9-13H2. The van der Waals surface area contributed by atoms with Crippen molar-refractivity contribution in [3.05, 3.63) is 59.9 Å². The van der Waals surface area contributed by atoms with Gasteiger partial charge in [0.25, 0.3) is 5.91 Å². The molecule has 1 spiro atoms. The molecule has 5 heterocycles. The fourth-order valence-corrected chi connectivity index (χ4v) is 5.37. The number of nitriles is 1. The van der Waals surface area contributed by atoms with Crippen molar-refractivity contribution >= 4 is 17.4 Å². The van der Waals surface area contributed by atoms with Gasteiger partial charge in [-0.2, -0.15) is 14.9 Å². The first-order chi connectivity index (χ1) is 15.2. The van der Waals surface area contributed by atoms with Crippen molar-refractivity contribution in [1.82, 2.24) is 19.5 Å². The van der Waals surface area contributed by atoms with Crippen molar-refractivity contribution in [2.75, 3.05) is 18.0 Å². The lowest BCUT2D eigenvalue weighted by atomic mass is 9.89. The molecule has 3 saturated heterocycles. The van der Waals surface area contributed by atoms with Crippen LogP contribution in [-0.2, 0) is 9.53 Å². The van der Waals surface area contributed by atoms with Gasteiger partial charge in [-0.1, -0.05) is 30.3 Å². The van der Waals surface area contributed by atoms with Crippen LogP contribution in [0.15, 0.2) is 48.8 Å². The Bertz CT molecular complexity index is 1190. The number of benzene rings is 1. The number of hydrogen-bond acceptors (Lipinski definition) is 6. The van der Waals surface area contributed by atoms with E-state index in [1.165, 1.54) is 11.9 Å². The van der Waals surface area contributed by atoms with Crippen molar-refractivity contribution in [3.63, 3.8) is 0 Å². The first-order valence-electron chi connectivity index (χ1n) is 10.7. The van der Waals surface area contributed by atoms with Crippen molar-refractivity contribution in [2.45, 2.75) is 43.6 Å². The van der Waals surface area contributed by atoms with Crippen LogP contribution < -0.4 is 4.90 Å². The molecule has 8 nitrogen and oxygen atoms in total. The number of fused-ring (bicyclic) bond motifs is 2. The summed E-state index contributed by atoms with van der Waals surface area (Å²) in [6.45, 7) is 1.37. The molecule has 6 rings (SSSR count). The highest BCUT2D eigenvalue weighted by atomic mass is 16.6. The van der Waals surface area contributed by atoms with E-state index in [2.05, 4.69) is 33.2 Å². The molecule has 3 fully saturated rings. The summed E-state index contributed by atoms with van der Waals surface area (Å²) in [5.41, 5.74) is 1.50. The Kier molecular flexibility index (Phi) is 4.02. The molecule has 0 radical (unpaired) electrons. The van der Waals surface area contributed by atoms with Gasteiger partial charge in [0.1, 0.15) is 24.4 Å². The lowest BCUT2D eigenvalue weighted by molar-refractivity contribution is -0.140. The summed E-state index contributed by atoms with van der Waals surface area (Å²) >= 11 is 0. The summed E-state index contributed by atoms with van der Waals surface area (Å²) in [5.74, 6) is 1.02. The summed E-state index contributed by atoms with van der Waals surface area (Å²) in [7, 11) is 0. The number of nitrogens with zero attached hydrogens (tertiary/aromatic N) is 6. The van der Waals surface area contributed by atoms with Gasteiger partial charge < -0.3 is 14.5 Å². The second kappa shape index (κ2) is 6.79. The SMILES string of the molecule is N#Cc1ccc(N2CCC3(CC2)OC2CCC(c4ccccc4)N2C3=O)n2ncnc12. The van der Waals surface area contributed by atoms with Crippen LogP contribution in [0.5, 0.6) is 0 Å². The van der Waals surface area contributed by atoms with E-state index in [9.17, 15) is 10.1 Å². The van der Waals surface area contributed by atoms with E-state index in [0.29, 0.717) is 37.1 Å². The normalized spacial score (nSPS) is 24.7. The van der Waals surface area contributed by atoms with Crippen LogP contribution in [0.1, 0.15) is 42.9 Å². The number of aromatic nitrogens is 3. The molecular weight excluding hydrogens is 392 g/mol. The molecule has 156 valence electrons. The van der Waals surface area contributed by atoms with E-state index < -0.39 is 5.60 Å². The number of carbonyl (C=O) groups excluding carboxylic acids is 1. The maximum atomic E-state index is 13.6. The predicted molar refractivity (Wildman–Crippen MR) is 112 cm³/mol. The highest BCUT2D eigenvalue weighted by Crippen LogP contribution is 2.47. The fourth-order valence-electron chi connectivity index (χ4n) is 5.37. The summed E-state index contributed by atoms with van der Waals surface area (Å²) in [6, 6.07) is 16.2. The Morgan fingerprint density at radius 1 is 1.10 bits per heavy atom. The van der Waals surface area contributed by atoms with Gasteiger partial charge >= 0.3 is 0 Å². The highest BCUT2D eigenvalue weighted by Gasteiger charge is 2.58. The molecule has 3 aliphatic heterocycles. The van der Waals surface area contributed by atoms with Crippen molar-refractivity contribution in [1.29, 1.82) is 5.26 Å². The summed E-state index contributed by atoms with van der Waals surface area (Å²) < 4.78 is 8.15. The Balaban J connectivity index is 1.24. The maximum Gasteiger partial charge on any atom is 0.257 e. The molecule has 0 N–H and O–H groups in total. The lowest BCUT2D eigenvalue weighted by Gasteiger charge is -2.38. The Labute approximate surface area is 179 Å². The average Bonchev–Trinajstić information content (AvgIpc) is 3.52. The topological polar surface area (TPSA) is 86.8 Å². The zero-order valence-corrected chi connectivity index (χ0v) is 17.0. The molecule has 31 heavy (non-hydrogen) atoms.